The zero-order valence-electron chi connectivity index (χ0n) is 6.95. The molecule has 6 nitrogen and oxygen atoms in total. The van der Waals surface area contributed by atoms with E-state index in [1.54, 1.807) is 0 Å². The maximum atomic E-state index is 9.24. The van der Waals surface area contributed by atoms with Gasteiger partial charge in [-0.1, -0.05) is 0 Å². The fraction of sp³-hybridized carbons (Fsp3) is 1.00. The van der Waals surface area contributed by atoms with E-state index in [0.29, 0.717) is 0 Å². The molecule has 1 aliphatic heterocycles. The second-order valence-corrected chi connectivity index (χ2v) is 3.12. The Morgan fingerprint density at radius 2 is 1.69 bits per heavy atom. The molecule has 0 aliphatic carbocycles. The quantitative estimate of drug-likeness (QED) is 0.308. The van der Waals surface area contributed by atoms with E-state index in [0.717, 1.165) is 0 Å². The Bertz CT molecular complexity index is 147. The largest absolute Gasteiger partial charge is 0.394 e. The van der Waals surface area contributed by atoms with E-state index in [2.05, 4.69) is 0 Å². The molecule has 0 spiro atoms. The first-order chi connectivity index (χ1) is 6.06. The van der Waals surface area contributed by atoms with Gasteiger partial charge in [-0.3, -0.25) is 0 Å². The predicted octanol–water partition coefficient (Wildman–Crippen LogP) is -2.83. The maximum Gasteiger partial charge on any atom is 0.183 e. The van der Waals surface area contributed by atoms with Gasteiger partial charge in [-0.25, -0.2) is 0 Å². The van der Waals surface area contributed by atoms with Gasteiger partial charge in [0.25, 0.3) is 0 Å². The highest BCUT2D eigenvalue weighted by atomic mass is 16.6. The molecule has 1 aliphatic rings. The Balaban J connectivity index is 2.66. The molecule has 1 heterocycles. The molecule has 6 heteroatoms. The summed E-state index contributed by atoms with van der Waals surface area (Å²) in [5, 5.41) is 45.4. The Kier molecular flexibility index (Phi) is 3.60. The van der Waals surface area contributed by atoms with Crippen molar-refractivity contribution in [2.75, 3.05) is 6.61 Å². The molecule has 0 saturated carbocycles. The molecule has 1 unspecified atom stereocenters. The molecule has 5 N–H and O–H groups in total. The van der Waals surface area contributed by atoms with E-state index in [1.165, 1.54) is 0 Å². The van der Waals surface area contributed by atoms with E-state index < -0.39 is 30.7 Å². The number of aliphatic hydroxyl groups excluding tert-OH is 5. The molecular formula is C7H14O6. The summed E-state index contributed by atoms with van der Waals surface area (Å²) in [6.45, 7) is -0.381. The van der Waals surface area contributed by atoms with E-state index in [1.807, 2.05) is 0 Å². The monoisotopic (exact) mass is 194 g/mol. The van der Waals surface area contributed by atoms with Crippen LogP contribution in [-0.4, -0.2) is 62.8 Å². The van der Waals surface area contributed by atoms with Gasteiger partial charge < -0.3 is 30.3 Å². The minimum absolute atomic E-state index is 0.0220. The third kappa shape index (κ3) is 2.37. The SMILES string of the molecule is OC[C@@H]1C[C@@H](O)[C@H](O)[C@H](O)C(O)O1. The van der Waals surface area contributed by atoms with Crippen molar-refractivity contribution in [2.45, 2.75) is 37.1 Å². The van der Waals surface area contributed by atoms with Gasteiger partial charge in [-0.05, 0) is 0 Å². The summed E-state index contributed by atoms with van der Waals surface area (Å²) in [7, 11) is 0. The second kappa shape index (κ2) is 4.32. The smallest absolute Gasteiger partial charge is 0.183 e. The molecule has 0 amide bonds. The van der Waals surface area contributed by atoms with Crippen LogP contribution in [0.5, 0.6) is 0 Å². The zero-order chi connectivity index (χ0) is 10.0. The molecule has 13 heavy (non-hydrogen) atoms. The van der Waals surface area contributed by atoms with Gasteiger partial charge in [0.1, 0.15) is 12.2 Å². The first-order valence-electron chi connectivity index (χ1n) is 4.05. The van der Waals surface area contributed by atoms with E-state index >= 15 is 0 Å². The fourth-order valence-electron chi connectivity index (χ4n) is 1.26. The van der Waals surface area contributed by atoms with Crippen LogP contribution in [0.2, 0.25) is 0 Å². The third-order valence-electron chi connectivity index (χ3n) is 2.08. The second-order valence-electron chi connectivity index (χ2n) is 3.12. The minimum atomic E-state index is -1.58. The van der Waals surface area contributed by atoms with Gasteiger partial charge in [0.05, 0.1) is 18.8 Å². The van der Waals surface area contributed by atoms with Crippen LogP contribution in [0, 0.1) is 0 Å². The maximum absolute atomic E-state index is 9.24. The zero-order valence-corrected chi connectivity index (χ0v) is 6.95. The molecule has 1 fully saturated rings. The van der Waals surface area contributed by atoms with E-state index in [9.17, 15) is 10.2 Å². The average molecular weight is 194 g/mol. The lowest BCUT2D eigenvalue weighted by Gasteiger charge is -2.20. The Morgan fingerprint density at radius 1 is 1.08 bits per heavy atom. The van der Waals surface area contributed by atoms with Gasteiger partial charge in [-0.15, -0.1) is 0 Å². The van der Waals surface area contributed by atoms with Crippen molar-refractivity contribution in [2.24, 2.45) is 0 Å². The minimum Gasteiger partial charge on any atom is -0.394 e. The van der Waals surface area contributed by atoms with Gasteiger partial charge in [0, 0.05) is 6.42 Å². The van der Waals surface area contributed by atoms with E-state index in [-0.39, 0.29) is 13.0 Å². The summed E-state index contributed by atoms with van der Waals surface area (Å²) in [6, 6.07) is 0. The molecular weight excluding hydrogens is 180 g/mol. The highest BCUT2D eigenvalue weighted by Gasteiger charge is 2.37. The van der Waals surface area contributed by atoms with Crippen LogP contribution in [0.3, 0.4) is 0 Å². The highest BCUT2D eigenvalue weighted by molar-refractivity contribution is 4.83. The number of hydrogen-bond donors (Lipinski definition) is 5. The Labute approximate surface area is 75.0 Å². The van der Waals surface area contributed by atoms with Gasteiger partial charge in [0.15, 0.2) is 6.29 Å². The van der Waals surface area contributed by atoms with E-state index in [4.69, 9.17) is 20.1 Å². The summed E-state index contributed by atoms with van der Waals surface area (Å²) in [4.78, 5) is 0. The first-order valence-corrected chi connectivity index (χ1v) is 4.05. The van der Waals surface area contributed by atoms with Crippen molar-refractivity contribution in [3.8, 4) is 0 Å². The summed E-state index contributed by atoms with van der Waals surface area (Å²) < 4.78 is 4.75. The van der Waals surface area contributed by atoms with Crippen LogP contribution < -0.4 is 0 Å². The topological polar surface area (TPSA) is 110 Å². The summed E-state index contributed by atoms with van der Waals surface area (Å²) in [5.41, 5.74) is 0. The van der Waals surface area contributed by atoms with Crippen molar-refractivity contribution in [1.82, 2.24) is 0 Å². The molecule has 0 bridgehead atoms. The molecule has 5 atom stereocenters. The predicted molar refractivity (Wildman–Crippen MR) is 40.6 cm³/mol. The van der Waals surface area contributed by atoms with Crippen LogP contribution in [0.15, 0.2) is 0 Å². The normalized spacial score (nSPS) is 47.3. The molecule has 1 rings (SSSR count). The molecule has 0 radical (unpaired) electrons. The lowest BCUT2D eigenvalue weighted by Crippen LogP contribution is -2.42. The average Bonchev–Trinajstić information content (AvgIpc) is 2.20. The molecule has 1 saturated heterocycles. The van der Waals surface area contributed by atoms with Crippen LogP contribution >= 0.6 is 0 Å². The van der Waals surface area contributed by atoms with Crippen LogP contribution in [0.25, 0.3) is 0 Å². The fourth-order valence-corrected chi connectivity index (χ4v) is 1.26. The van der Waals surface area contributed by atoms with Crippen LogP contribution in [0.1, 0.15) is 6.42 Å². The van der Waals surface area contributed by atoms with Crippen molar-refractivity contribution in [3.63, 3.8) is 0 Å². The van der Waals surface area contributed by atoms with Crippen molar-refractivity contribution < 1.29 is 30.3 Å². The Hall–Kier alpha value is -0.240. The standard InChI is InChI=1S/C7H14O6/c8-2-3-1-4(9)5(10)6(11)7(12)13-3/h3-12H,1-2H2/t3-,4+,5-,6-,7?/m0/s1. The number of ether oxygens (including phenoxy) is 1. The van der Waals surface area contributed by atoms with Gasteiger partial charge >= 0.3 is 0 Å². The lowest BCUT2D eigenvalue weighted by molar-refractivity contribution is -0.201. The summed E-state index contributed by atoms with van der Waals surface area (Å²) in [5.74, 6) is 0. The third-order valence-corrected chi connectivity index (χ3v) is 2.08. The van der Waals surface area contributed by atoms with Crippen molar-refractivity contribution in [3.05, 3.63) is 0 Å². The van der Waals surface area contributed by atoms with Crippen molar-refractivity contribution >= 4 is 0 Å². The first kappa shape index (κ1) is 10.8. The molecule has 78 valence electrons. The highest BCUT2D eigenvalue weighted by Crippen LogP contribution is 2.18. The van der Waals surface area contributed by atoms with Crippen LogP contribution in [-0.2, 0) is 4.74 Å². The van der Waals surface area contributed by atoms with Crippen LogP contribution in [0.4, 0.5) is 0 Å². The number of hydrogen-bond acceptors (Lipinski definition) is 6. The lowest BCUT2D eigenvalue weighted by atomic mass is 10.0. The Morgan fingerprint density at radius 3 is 2.23 bits per heavy atom. The molecule has 0 aromatic rings. The molecule has 0 aromatic heterocycles. The number of aliphatic hydroxyl groups is 5. The van der Waals surface area contributed by atoms with Crippen molar-refractivity contribution in [1.29, 1.82) is 0 Å². The summed E-state index contributed by atoms with van der Waals surface area (Å²) in [6.07, 6.45) is -6.57. The number of rotatable bonds is 1. The van der Waals surface area contributed by atoms with Gasteiger partial charge in [0.2, 0.25) is 0 Å². The summed E-state index contributed by atoms with van der Waals surface area (Å²) >= 11 is 0. The molecule has 0 aromatic carbocycles. The van der Waals surface area contributed by atoms with Gasteiger partial charge in [-0.2, -0.15) is 0 Å².